The zero-order valence-electron chi connectivity index (χ0n) is 38.2. The van der Waals surface area contributed by atoms with E-state index in [1.54, 1.807) is 24.6 Å². The molecule has 5 aromatic rings. The summed E-state index contributed by atoms with van der Waals surface area (Å²) < 4.78 is 49.4. The van der Waals surface area contributed by atoms with E-state index in [1.165, 1.54) is 28.4 Å². The topological polar surface area (TPSA) is 214 Å². The van der Waals surface area contributed by atoms with Crippen molar-refractivity contribution in [1.82, 2.24) is 31.2 Å². The van der Waals surface area contributed by atoms with Gasteiger partial charge in [0.05, 0.1) is 51.4 Å². The molecule has 3 aromatic carbocycles. The molecule has 2 aromatic heterocycles. The Labute approximate surface area is 410 Å². The molecule has 7 N–H and O–H groups in total. The fourth-order valence-corrected chi connectivity index (χ4v) is 9.83. The number of carbonyl (C=O) groups excluding carboxylic acids is 4. The lowest BCUT2D eigenvalue weighted by Gasteiger charge is -2.43. The molecule has 0 spiro atoms. The van der Waals surface area contributed by atoms with Gasteiger partial charge < -0.3 is 36.2 Å². The maximum atomic E-state index is 14.7. The van der Waals surface area contributed by atoms with Crippen molar-refractivity contribution in [2.75, 3.05) is 38.1 Å². The summed E-state index contributed by atoms with van der Waals surface area (Å²) in [5.74, 6) is -7.43. The Morgan fingerprint density at radius 2 is 1.72 bits per heavy atom. The van der Waals surface area contributed by atoms with Crippen LogP contribution in [-0.4, -0.2) is 88.2 Å². The molecule has 0 aliphatic carbocycles. The number of aliphatic hydroxyl groups is 1. The number of hydrogen-bond donors (Lipinski definition) is 6. The zero-order valence-corrected chi connectivity index (χ0v) is 41.1. The monoisotopic (exact) mass is 1070 g/mol. The molecule has 1 fully saturated rings. The van der Waals surface area contributed by atoms with Crippen molar-refractivity contribution in [3.8, 4) is 10.4 Å². The van der Waals surface area contributed by atoms with Crippen LogP contribution in [0.2, 0.25) is 0 Å². The van der Waals surface area contributed by atoms with E-state index in [2.05, 4.69) is 31.6 Å². The normalized spacial score (nSPS) is 16.7. The number of thiazole rings is 1. The van der Waals surface area contributed by atoms with Gasteiger partial charge >= 0.3 is 0 Å². The number of hydroxylamine groups is 1. The van der Waals surface area contributed by atoms with Crippen LogP contribution in [0.1, 0.15) is 97.3 Å². The Hall–Kier alpha value is -5.42. The third-order valence-corrected chi connectivity index (χ3v) is 13.6. The summed E-state index contributed by atoms with van der Waals surface area (Å²) in [7, 11) is 0. The third-order valence-electron chi connectivity index (χ3n) is 11.9. The van der Waals surface area contributed by atoms with E-state index in [0.717, 1.165) is 41.1 Å². The summed E-state index contributed by atoms with van der Waals surface area (Å²) >= 11 is 3.40. The number of β-amino-alcohol motifs (C(OH)–C–C–N with tert-alkyl or cyclic N) is 1. The number of unbranched alkanes of at least 4 members (excludes halogenated alkanes) is 2. The number of rotatable bonds is 23. The molecule has 68 heavy (non-hydrogen) atoms. The minimum atomic E-state index is -1.76. The van der Waals surface area contributed by atoms with E-state index in [0.29, 0.717) is 53.1 Å². The summed E-state index contributed by atoms with van der Waals surface area (Å²) in [6.07, 6.45) is 1.28. The van der Waals surface area contributed by atoms with E-state index < -0.39 is 64.3 Å². The number of nitrogens with two attached hydrogens (primary N) is 1. The summed E-state index contributed by atoms with van der Waals surface area (Å²) in [5.41, 5.74) is 10.5. The number of nitrogens with one attached hydrogen (secondary N) is 4. The highest BCUT2D eigenvalue weighted by Gasteiger charge is 2.58. The standard InChI is InChI=1S/C48H56F3IN8O7S/c1-27(2)41(39-21-28(3)58-67-39)46(64)60-25-33(61)24-48(60,47(53)65)35(30-9-11-31(12-10-30)44-29(4)56-26-68-44)23-40(62)55-19-7-5-6-17-54-18-8-20-66-59-45(63)34-14-15-36(49)42(51)43(34)57-38-16-13-32(52)22-37(38)50/h9-16,21-22,26-27,33,35,41,54,57,61H,5-8,17-20,23-25H2,1-4H3,(H2,53,65)(H,55,62)(H,59,63)/t33?,35-,41+,48?/m0/s1. The maximum absolute atomic E-state index is 14.7. The Bertz CT molecular complexity index is 2560. The Kier molecular flexibility index (Phi) is 18.1. The van der Waals surface area contributed by atoms with Gasteiger partial charge in [0.25, 0.3) is 5.91 Å². The van der Waals surface area contributed by atoms with Gasteiger partial charge in [0.2, 0.25) is 17.7 Å². The second-order valence-electron chi connectivity index (χ2n) is 17.2. The summed E-state index contributed by atoms with van der Waals surface area (Å²) in [6.45, 7) is 8.89. The van der Waals surface area contributed by atoms with Gasteiger partial charge in [-0.25, -0.2) is 23.6 Å². The van der Waals surface area contributed by atoms with Gasteiger partial charge in [-0.3, -0.25) is 24.0 Å². The molecular weight excluding hydrogens is 1020 g/mol. The number of benzene rings is 3. The molecule has 2 unspecified atom stereocenters. The first-order chi connectivity index (χ1) is 32.5. The predicted molar refractivity (Wildman–Crippen MR) is 259 cm³/mol. The van der Waals surface area contributed by atoms with Crippen LogP contribution < -0.4 is 27.2 Å². The summed E-state index contributed by atoms with van der Waals surface area (Å²) in [4.78, 5) is 67.2. The van der Waals surface area contributed by atoms with E-state index in [9.17, 15) is 37.5 Å². The number of amides is 4. The number of likely N-dealkylation sites (tertiary alicyclic amines) is 1. The lowest BCUT2D eigenvalue weighted by Crippen LogP contribution is -2.61. The fraction of sp³-hybridized carbons (Fsp3) is 0.417. The van der Waals surface area contributed by atoms with Crippen LogP contribution in [-0.2, 0) is 19.2 Å². The van der Waals surface area contributed by atoms with Gasteiger partial charge in [-0.15, -0.1) is 11.3 Å². The molecule has 4 atom stereocenters. The first-order valence-corrected chi connectivity index (χ1v) is 24.3. The fourth-order valence-electron chi connectivity index (χ4n) is 8.56. The number of aryl methyl sites for hydroxylation is 2. The molecule has 1 saturated heterocycles. The summed E-state index contributed by atoms with van der Waals surface area (Å²) in [6, 6.07) is 15.1. The van der Waals surface area contributed by atoms with Crippen molar-refractivity contribution in [3.63, 3.8) is 0 Å². The Morgan fingerprint density at radius 3 is 2.38 bits per heavy atom. The molecule has 364 valence electrons. The zero-order chi connectivity index (χ0) is 49.1. The highest BCUT2D eigenvalue weighted by Crippen LogP contribution is 2.46. The van der Waals surface area contributed by atoms with Gasteiger partial charge in [-0.1, -0.05) is 49.7 Å². The second kappa shape index (κ2) is 23.7. The van der Waals surface area contributed by atoms with Gasteiger partial charge in [0, 0.05) is 41.5 Å². The molecule has 15 nitrogen and oxygen atoms in total. The molecule has 0 radical (unpaired) electrons. The minimum absolute atomic E-state index is 0.112. The maximum Gasteiger partial charge on any atom is 0.277 e. The number of anilines is 2. The minimum Gasteiger partial charge on any atom is -0.391 e. The van der Waals surface area contributed by atoms with E-state index in [-0.39, 0.29) is 49.1 Å². The highest BCUT2D eigenvalue weighted by atomic mass is 127. The second-order valence-corrected chi connectivity index (χ2v) is 19.3. The summed E-state index contributed by atoms with van der Waals surface area (Å²) in [5, 5.41) is 23.9. The number of primary amides is 1. The van der Waals surface area contributed by atoms with Crippen molar-refractivity contribution < 1.29 is 46.8 Å². The number of aliphatic hydroxyl groups excluding tert-OH is 1. The molecule has 0 bridgehead atoms. The van der Waals surface area contributed by atoms with Crippen LogP contribution in [0, 0.1) is 40.8 Å². The van der Waals surface area contributed by atoms with Crippen molar-refractivity contribution >= 4 is 68.9 Å². The van der Waals surface area contributed by atoms with Crippen LogP contribution in [0.15, 0.2) is 70.7 Å². The van der Waals surface area contributed by atoms with Gasteiger partial charge in [-0.05, 0) is 116 Å². The highest BCUT2D eigenvalue weighted by molar-refractivity contribution is 14.1. The molecule has 1 aliphatic heterocycles. The number of halogens is 4. The average molecular weight is 1070 g/mol. The first kappa shape index (κ1) is 52.0. The number of hydrogen-bond acceptors (Lipinski definition) is 12. The Balaban J connectivity index is 0.998. The lowest BCUT2D eigenvalue weighted by molar-refractivity contribution is -0.148. The SMILES string of the molecule is Cc1cc([C@H](C(=O)N2CC(O)CC2(C(N)=O)[C@@H](CC(=O)NCCCCCNCCCONC(=O)c2ccc(F)c(F)c2Nc2ccc(I)cc2F)c2ccc(-c3scnc3C)cc2)C(C)C)on1. The number of aromatic nitrogens is 2. The number of carbonyl (C=O) groups is 4. The largest absolute Gasteiger partial charge is 0.391 e. The molecule has 3 heterocycles. The molecule has 0 saturated carbocycles. The third kappa shape index (κ3) is 12.4. The van der Waals surface area contributed by atoms with Crippen molar-refractivity contribution in [3.05, 3.63) is 115 Å². The van der Waals surface area contributed by atoms with Crippen LogP contribution >= 0.6 is 33.9 Å². The van der Waals surface area contributed by atoms with Crippen LogP contribution in [0.25, 0.3) is 10.4 Å². The van der Waals surface area contributed by atoms with E-state index >= 15 is 0 Å². The van der Waals surface area contributed by atoms with Crippen LogP contribution in [0.5, 0.6) is 0 Å². The van der Waals surface area contributed by atoms with Crippen molar-refractivity contribution in [2.45, 2.75) is 89.7 Å². The smallest absolute Gasteiger partial charge is 0.277 e. The predicted octanol–water partition coefficient (Wildman–Crippen LogP) is 7.54. The molecular formula is C48H56F3IN8O7S. The van der Waals surface area contributed by atoms with Crippen LogP contribution in [0.3, 0.4) is 0 Å². The molecule has 4 amide bonds. The van der Waals surface area contributed by atoms with Crippen LogP contribution in [0.4, 0.5) is 24.5 Å². The molecule has 1 aliphatic rings. The lowest BCUT2D eigenvalue weighted by atomic mass is 9.73. The first-order valence-electron chi connectivity index (χ1n) is 22.3. The molecule has 20 heteroatoms. The number of nitrogens with zero attached hydrogens (tertiary/aromatic N) is 3. The van der Waals surface area contributed by atoms with Crippen molar-refractivity contribution in [2.24, 2.45) is 11.7 Å². The Morgan fingerprint density at radius 1 is 0.985 bits per heavy atom. The van der Waals surface area contributed by atoms with Gasteiger partial charge in [-0.2, -0.15) is 0 Å². The van der Waals surface area contributed by atoms with E-state index in [4.69, 9.17) is 15.1 Å². The molecule has 6 rings (SSSR count). The van der Waals surface area contributed by atoms with Crippen molar-refractivity contribution in [1.29, 1.82) is 0 Å². The van der Waals surface area contributed by atoms with Gasteiger partial charge in [0.1, 0.15) is 23.0 Å². The van der Waals surface area contributed by atoms with E-state index in [1.807, 2.05) is 67.6 Å². The average Bonchev–Trinajstić information content (AvgIpc) is 4.03. The van der Waals surface area contributed by atoms with Gasteiger partial charge in [0.15, 0.2) is 11.6 Å². The quantitative estimate of drug-likeness (QED) is 0.0214.